The Labute approximate surface area is 171 Å². The number of hydrogen-bond donors (Lipinski definition) is 0. The Morgan fingerprint density at radius 2 is 1.82 bits per heavy atom. The molecule has 0 aliphatic heterocycles. The molecule has 2 heterocycles. The molecule has 0 spiro atoms. The van der Waals surface area contributed by atoms with Gasteiger partial charge in [-0.25, -0.2) is 0 Å². The van der Waals surface area contributed by atoms with Crippen LogP contribution in [0.15, 0.2) is 41.8 Å². The summed E-state index contributed by atoms with van der Waals surface area (Å²) in [6.45, 7) is 11.3. The first kappa shape index (κ1) is 19.2. The number of hydrogen-bond acceptors (Lipinski definition) is 4. The second-order valence-corrected chi connectivity index (χ2v) is 9.72. The highest BCUT2D eigenvalue weighted by molar-refractivity contribution is 7.98. The van der Waals surface area contributed by atoms with Crippen LogP contribution in [0.3, 0.4) is 0 Å². The van der Waals surface area contributed by atoms with Crippen LogP contribution >= 0.6 is 11.8 Å². The smallest absolute Gasteiger partial charge is 0.192 e. The van der Waals surface area contributed by atoms with Crippen molar-refractivity contribution in [3.05, 3.63) is 58.9 Å². The van der Waals surface area contributed by atoms with Crippen LogP contribution < -0.4 is 0 Å². The van der Waals surface area contributed by atoms with E-state index in [9.17, 15) is 0 Å². The van der Waals surface area contributed by atoms with E-state index in [0.717, 1.165) is 22.3 Å². The molecule has 1 saturated carbocycles. The van der Waals surface area contributed by atoms with Gasteiger partial charge in [-0.2, -0.15) is 0 Å². The zero-order chi connectivity index (χ0) is 19.9. The Kier molecular flexibility index (Phi) is 5.04. The Hall–Kier alpha value is -2.14. The molecule has 0 radical (unpaired) electrons. The average molecular weight is 393 g/mol. The highest BCUT2D eigenvalue weighted by Gasteiger charge is 2.30. The van der Waals surface area contributed by atoms with Gasteiger partial charge in [0.2, 0.25) is 0 Å². The summed E-state index contributed by atoms with van der Waals surface area (Å²) >= 11 is 1.79. The molecule has 4 rings (SSSR count). The maximum absolute atomic E-state index is 4.53. The average Bonchev–Trinajstić information content (AvgIpc) is 3.40. The summed E-state index contributed by atoms with van der Waals surface area (Å²) in [6.07, 6.45) is 6.08. The van der Waals surface area contributed by atoms with Gasteiger partial charge in [0.1, 0.15) is 0 Å². The predicted octanol–water partition coefficient (Wildman–Crippen LogP) is 5.88. The van der Waals surface area contributed by atoms with E-state index in [4.69, 9.17) is 0 Å². The molecule has 1 fully saturated rings. The van der Waals surface area contributed by atoms with Gasteiger partial charge in [-0.05, 0) is 66.5 Å². The summed E-state index contributed by atoms with van der Waals surface area (Å²) in [7, 11) is 0. The van der Waals surface area contributed by atoms with E-state index in [1.807, 2.05) is 12.3 Å². The van der Waals surface area contributed by atoms with E-state index in [1.54, 1.807) is 18.0 Å². The van der Waals surface area contributed by atoms with Crippen molar-refractivity contribution < 1.29 is 0 Å². The Bertz CT molecular complexity index is 959. The van der Waals surface area contributed by atoms with Gasteiger partial charge in [0.25, 0.3) is 0 Å². The number of pyridine rings is 1. The van der Waals surface area contributed by atoms with E-state index in [-0.39, 0.29) is 5.41 Å². The third kappa shape index (κ3) is 3.86. The van der Waals surface area contributed by atoms with Crippen LogP contribution in [0.2, 0.25) is 0 Å². The first-order valence-electron chi connectivity index (χ1n) is 9.93. The van der Waals surface area contributed by atoms with Crippen LogP contribution in [-0.2, 0) is 11.2 Å². The van der Waals surface area contributed by atoms with Crippen LogP contribution in [0.1, 0.15) is 61.9 Å². The van der Waals surface area contributed by atoms with E-state index in [2.05, 4.69) is 72.6 Å². The standard InChI is InChI=1S/C23H28N4S/c1-15-11-18(23(3,4)5)12-16(2)20(15)14-28-22-26-25-21(27(22)19-8-9-19)17-7-6-10-24-13-17/h6-7,10-13,19H,8-9,14H2,1-5H3. The Balaban J connectivity index is 1.61. The maximum Gasteiger partial charge on any atom is 0.192 e. The van der Waals surface area contributed by atoms with Crippen molar-refractivity contribution in [2.45, 2.75) is 69.8 Å². The largest absolute Gasteiger partial charge is 0.299 e. The van der Waals surface area contributed by atoms with Crippen LogP contribution in [0.4, 0.5) is 0 Å². The van der Waals surface area contributed by atoms with Gasteiger partial charge < -0.3 is 0 Å². The second-order valence-electron chi connectivity index (χ2n) is 8.78. The minimum absolute atomic E-state index is 0.173. The quantitative estimate of drug-likeness (QED) is 0.508. The van der Waals surface area contributed by atoms with Crippen LogP contribution in [-0.4, -0.2) is 19.7 Å². The maximum atomic E-state index is 4.53. The fourth-order valence-corrected chi connectivity index (χ4v) is 4.72. The summed E-state index contributed by atoms with van der Waals surface area (Å²) in [5.41, 5.74) is 6.74. The minimum Gasteiger partial charge on any atom is -0.299 e. The van der Waals surface area contributed by atoms with Gasteiger partial charge in [0, 0.05) is 29.8 Å². The molecule has 0 amide bonds. The number of benzene rings is 1. The predicted molar refractivity (Wildman–Crippen MR) is 116 cm³/mol. The van der Waals surface area contributed by atoms with E-state index >= 15 is 0 Å². The molecule has 1 aliphatic carbocycles. The number of aryl methyl sites for hydroxylation is 2. The fourth-order valence-electron chi connectivity index (χ4n) is 3.52. The van der Waals surface area contributed by atoms with Crippen molar-refractivity contribution in [3.8, 4) is 11.4 Å². The molecule has 1 aromatic carbocycles. The normalized spacial score (nSPS) is 14.5. The third-order valence-corrected chi connectivity index (χ3v) is 6.37. The molecular weight excluding hydrogens is 364 g/mol. The number of thioether (sulfide) groups is 1. The van der Waals surface area contributed by atoms with E-state index in [1.165, 1.54) is 35.1 Å². The lowest BCUT2D eigenvalue weighted by molar-refractivity contribution is 0.589. The van der Waals surface area contributed by atoms with Crippen molar-refractivity contribution >= 4 is 11.8 Å². The Morgan fingerprint density at radius 3 is 2.39 bits per heavy atom. The van der Waals surface area contributed by atoms with Crippen molar-refractivity contribution in [1.82, 2.24) is 19.7 Å². The van der Waals surface area contributed by atoms with Gasteiger partial charge in [0.15, 0.2) is 11.0 Å². The third-order valence-electron chi connectivity index (χ3n) is 5.40. The topological polar surface area (TPSA) is 43.6 Å². The first-order chi connectivity index (χ1) is 13.3. The van der Waals surface area contributed by atoms with Gasteiger partial charge >= 0.3 is 0 Å². The summed E-state index contributed by atoms with van der Waals surface area (Å²) in [5, 5.41) is 10.1. The molecule has 0 bridgehead atoms. The highest BCUT2D eigenvalue weighted by Crippen LogP contribution is 2.41. The lowest BCUT2D eigenvalue weighted by Gasteiger charge is -2.22. The molecule has 0 N–H and O–H groups in total. The zero-order valence-corrected chi connectivity index (χ0v) is 18.2. The molecule has 0 saturated heterocycles. The molecule has 146 valence electrons. The molecule has 1 aliphatic rings. The van der Waals surface area contributed by atoms with E-state index in [0.29, 0.717) is 6.04 Å². The summed E-state index contributed by atoms with van der Waals surface area (Å²) in [6, 6.07) is 9.23. The molecule has 4 nitrogen and oxygen atoms in total. The number of aromatic nitrogens is 4. The molecule has 0 atom stereocenters. The lowest BCUT2D eigenvalue weighted by Crippen LogP contribution is -2.12. The monoisotopic (exact) mass is 392 g/mol. The van der Waals surface area contributed by atoms with Crippen molar-refractivity contribution in [2.24, 2.45) is 0 Å². The van der Waals surface area contributed by atoms with Gasteiger partial charge in [-0.1, -0.05) is 44.7 Å². The van der Waals surface area contributed by atoms with Crippen molar-refractivity contribution in [2.75, 3.05) is 0 Å². The number of rotatable bonds is 5. The zero-order valence-electron chi connectivity index (χ0n) is 17.4. The first-order valence-corrected chi connectivity index (χ1v) is 10.9. The molecule has 5 heteroatoms. The summed E-state index contributed by atoms with van der Waals surface area (Å²) in [4.78, 5) is 4.25. The number of nitrogens with zero attached hydrogens (tertiary/aromatic N) is 4. The van der Waals surface area contributed by atoms with Crippen LogP contribution in [0.25, 0.3) is 11.4 Å². The fraction of sp³-hybridized carbons (Fsp3) is 0.435. The van der Waals surface area contributed by atoms with Gasteiger partial charge in [0.05, 0.1) is 0 Å². The summed E-state index contributed by atoms with van der Waals surface area (Å²) < 4.78 is 2.32. The molecule has 0 unspecified atom stereocenters. The lowest BCUT2D eigenvalue weighted by atomic mass is 9.84. The molecule has 28 heavy (non-hydrogen) atoms. The van der Waals surface area contributed by atoms with Crippen LogP contribution in [0, 0.1) is 13.8 Å². The van der Waals surface area contributed by atoms with Crippen LogP contribution in [0.5, 0.6) is 0 Å². The molecule has 2 aromatic heterocycles. The minimum atomic E-state index is 0.173. The molecular formula is C23H28N4S. The van der Waals surface area contributed by atoms with E-state index < -0.39 is 0 Å². The Morgan fingerprint density at radius 1 is 1.11 bits per heavy atom. The van der Waals surface area contributed by atoms with Gasteiger partial charge in [-0.15, -0.1) is 10.2 Å². The molecule has 3 aromatic rings. The van der Waals surface area contributed by atoms with Crippen molar-refractivity contribution in [1.29, 1.82) is 0 Å². The van der Waals surface area contributed by atoms with Crippen molar-refractivity contribution in [3.63, 3.8) is 0 Å². The van der Waals surface area contributed by atoms with Gasteiger partial charge in [-0.3, -0.25) is 9.55 Å². The summed E-state index contributed by atoms with van der Waals surface area (Å²) in [5.74, 6) is 1.86. The SMILES string of the molecule is Cc1cc(C(C)(C)C)cc(C)c1CSc1nnc(-c2cccnc2)n1C1CC1. The second kappa shape index (κ2) is 7.36. The highest BCUT2D eigenvalue weighted by atomic mass is 32.2.